The maximum atomic E-state index is 12.1. The monoisotopic (exact) mass is 368 g/mol. The van der Waals surface area contributed by atoms with E-state index >= 15 is 0 Å². The van der Waals surface area contributed by atoms with Crippen molar-refractivity contribution in [2.24, 2.45) is 0 Å². The molecule has 1 amide bonds. The molecular weight excluding hydrogens is 348 g/mol. The van der Waals surface area contributed by atoms with Crippen molar-refractivity contribution >= 4 is 45.2 Å². The molecule has 0 aliphatic carbocycles. The Hall–Kier alpha value is -1.64. The first-order valence-corrected chi connectivity index (χ1v) is 9.33. The Labute approximate surface area is 148 Å². The van der Waals surface area contributed by atoms with Gasteiger partial charge in [0.15, 0.2) is 0 Å². The number of para-hydroxylation sites is 1. The van der Waals surface area contributed by atoms with Gasteiger partial charge >= 0.3 is 5.97 Å². The lowest BCUT2D eigenvalue weighted by Crippen LogP contribution is -2.51. The Morgan fingerprint density at radius 3 is 2.83 bits per heavy atom. The third kappa shape index (κ3) is 5.47. The molecule has 1 aromatic carbocycles. The molecule has 0 fully saturated rings. The summed E-state index contributed by atoms with van der Waals surface area (Å²) in [6.07, 6.45) is -0.185. The first kappa shape index (κ1) is 18.7. The predicted molar refractivity (Wildman–Crippen MR) is 96.5 cm³/mol. The highest BCUT2D eigenvalue weighted by Crippen LogP contribution is 2.24. The van der Waals surface area contributed by atoms with Crippen LogP contribution in [0.15, 0.2) is 24.3 Å². The molecule has 0 unspecified atom stereocenters. The number of carboxylic acids is 1. The van der Waals surface area contributed by atoms with Crippen LogP contribution < -0.4 is 5.32 Å². The van der Waals surface area contributed by atoms with Gasteiger partial charge in [0.1, 0.15) is 5.01 Å². The summed E-state index contributed by atoms with van der Waals surface area (Å²) in [5.41, 5.74) is 0.0605. The number of methoxy groups -OCH3 is 1. The minimum Gasteiger partial charge on any atom is -0.481 e. The van der Waals surface area contributed by atoms with Crippen LogP contribution in [-0.2, 0) is 20.1 Å². The Morgan fingerprint density at radius 1 is 1.42 bits per heavy atom. The smallest absolute Gasteiger partial charge is 0.305 e. The molecule has 8 heteroatoms. The average molecular weight is 368 g/mol. The van der Waals surface area contributed by atoms with Crippen molar-refractivity contribution in [3.63, 3.8) is 0 Å². The second-order valence-corrected chi connectivity index (χ2v) is 7.78. The van der Waals surface area contributed by atoms with E-state index in [0.29, 0.717) is 5.75 Å². The Bertz CT molecular complexity index is 686. The van der Waals surface area contributed by atoms with Crippen LogP contribution in [0.1, 0.15) is 18.4 Å². The summed E-state index contributed by atoms with van der Waals surface area (Å²) in [4.78, 5) is 27.5. The second kappa shape index (κ2) is 8.46. The number of carbonyl (C=O) groups excluding carboxylic acids is 1. The quantitative estimate of drug-likeness (QED) is 0.707. The van der Waals surface area contributed by atoms with Crippen molar-refractivity contribution < 1.29 is 19.4 Å². The van der Waals surface area contributed by atoms with Crippen molar-refractivity contribution in [2.75, 3.05) is 19.5 Å². The summed E-state index contributed by atoms with van der Waals surface area (Å²) < 4.78 is 6.15. The van der Waals surface area contributed by atoms with Gasteiger partial charge in [-0.15, -0.1) is 23.1 Å². The number of ether oxygens (including phenoxy) is 1. The number of aromatic nitrogens is 1. The minimum absolute atomic E-state index is 0.146. The number of fused-ring (bicyclic) bond motifs is 1. The van der Waals surface area contributed by atoms with Crippen LogP contribution in [0, 0.1) is 0 Å². The van der Waals surface area contributed by atoms with Crippen molar-refractivity contribution in [3.05, 3.63) is 29.3 Å². The largest absolute Gasteiger partial charge is 0.481 e. The molecule has 1 heterocycles. The van der Waals surface area contributed by atoms with E-state index in [9.17, 15) is 9.59 Å². The van der Waals surface area contributed by atoms with Crippen molar-refractivity contribution in [1.29, 1.82) is 0 Å². The fourth-order valence-electron chi connectivity index (χ4n) is 2.37. The lowest BCUT2D eigenvalue weighted by molar-refractivity contribution is -0.139. The second-order valence-electron chi connectivity index (χ2n) is 5.68. The maximum Gasteiger partial charge on any atom is 0.305 e. The Kier molecular flexibility index (Phi) is 6.59. The Balaban J connectivity index is 1.84. The van der Waals surface area contributed by atoms with E-state index in [1.807, 2.05) is 24.3 Å². The van der Waals surface area contributed by atoms with Gasteiger partial charge in [-0.3, -0.25) is 9.59 Å². The molecule has 0 aliphatic rings. The van der Waals surface area contributed by atoms with Gasteiger partial charge in [0.2, 0.25) is 5.91 Å². The zero-order valence-electron chi connectivity index (χ0n) is 13.6. The van der Waals surface area contributed by atoms with E-state index in [2.05, 4.69) is 10.3 Å². The summed E-state index contributed by atoms with van der Waals surface area (Å²) >= 11 is 3.07. The number of thioether (sulfide) groups is 1. The van der Waals surface area contributed by atoms with E-state index in [1.54, 1.807) is 18.3 Å². The number of hydrogen-bond donors (Lipinski definition) is 2. The van der Waals surface area contributed by atoms with Gasteiger partial charge in [0, 0.05) is 12.9 Å². The molecule has 0 aliphatic heterocycles. The highest BCUT2D eigenvalue weighted by Gasteiger charge is 2.29. The van der Waals surface area contributed by atoms with Gasteiger partial charge in [-0.25, -0.2) is 4.98 Å². The first-order chi connectivity index (χ1) is 11.4. The molecule has 0 saturated heterocycles. The van der Waals surface area contributed by atoms with E-state index in [0.717, 1.165) is 15.2 Å². The summed E-state index contributed by atoms with van der Waals surface area (Å²) in [5.74, 6) is -0.291. The predicted octanol–water partition coefficient (Wildman–Crippen LogP) is 2.53. The topological polar surface area (TPSA) is 88.5 Å². The van der Waals surface area contributed by atoms with Gasteiger partial charge in [0.05, 0.1) is 34.5 Å². The number of carbonyl (C=O) groups is 2. The van der Waals surface area contributed by atoms with Gasteiger partial charge in [-0.05, 0) is 19.1 Å². The molecule has 24 heavy (non-hydrogen) atoms. The number of nitrogens with zero attached hydrogens (tertiary/aromatic N) is 1. The molecule has 0 bridgehead atoms. The average Bonchev–Trinajstić information content (AvgIpc) is 2.88. The van der Waals surface area contributed by atoms with E-state index in [-0.39, 0.29) is 24.7 Å². The molecule has 1 aromatic heterocycles. The van der Waals surface area contributed by atoms with Crippen molar-refractivity contribution in [1.82, 2.24) is 10.3 Å². The van der Waals surface area contributed by atoms with E-state index in [1.165, 1.54) is 18.9 Å². The SMILES string of the molecule is COC[C@@](C)(CC(=O)O)NC(=O)CSCc1nc2ccccc2s1. The van der Waals surface area contributed by atoms with Crippen LogP contribution in [0.2, 0.25) is 0 Å². The standard InChI is InChI=1S/C16H20N2O4S2/c1-16(10-22-2,7-15(20)21)18-13(19)8-23-9-14-17-11-5-3-4-6-12(11)24-14/h3-6H,7-10H2,1-2H3,(H,18,19)(H,20,21)/t16-/m1/s1. The van der Waals surface area contributed by atoms with Crippen LogP contribution in [0.4, 0.5) is 0 Å². The third-order valence-corrected chi connectivity index (χ3v) is 5.41. The summed E-state index contributed by atoms with van der Waals surface area (Å²) in [6.45, 7) is 1.81. The molecule has 0 radical (unpaired) electrons. The van der Waals surface area contributed by atoms with Crippen LogP contribution in [0.3, 0.4) is 0 Å². The number of hydrogen-bond acceptors (Lipinski definition) is 6. The van der Waals surface area contributed by atoms with E-state index in [4.69, 9.17) is 9.84 Å². The number of benzene rings is 1. The number of nitrogens with one attached hydrogen (secondary N) is 1. The van der Waals surface area contributed by atoms with Crippen molar-refractivity contribution in [2.45, 2.75) is 24.6 Å². The molecular formula is C16H20N2O4S2. The number of aliphatic carboxylic acids is 1. The van der Waals surface area contributed by atoms with Crippen molar-refractivity contribution in [3.8, 4) is 0 Å². The molecule has 1 atom stereocenters. The van der Waals surface area contributed by atoms with Crippen LogP contribution in [0.25, 0.3) is 10.2 Å². The lowest BCUT2D eigenvalue weighted by atomic mass is 9.99. The lowest BCUT2D eigenvalue weighted by Gasteiger charge is -2.28. The fourth-order valence-corrected chi connectivity index (χ4v) is 4.22. The van der Waals surface area contributed by atoms with Crippen LogP contribution in [-0.4, -0.2) is 47.0 Å². The summed E-state index contributed by atoms with van der Waals surface area (Å²) in [5, 5.41) is 12.7. The molecule has 130 valence electrons. The zero-order chi connectivity index (χ0) is 17.6. The minimum atomic E-state index is -0.975. The number of thiazole rings is 1. The highest BCUT2D eigenvalue weighted by molar-refractivity contribution is 7.99. The third-order valence-electron chi connectivity index (χ3n) is 3.24. The maximum absolute atomic E-state index is 12.1. The molecule has 2 N–H and O–H groups in total. The molecule has 2 rings (SSSR count). The molecule has 6 nitrogen and oxygen atoms in total. The number of carboxylic acid groups (broad SMARTS) is 1. The van der Waals surface area contributed by atoms with Gasteiger partial charge in [-0.1, -0.05) is 12.1 Å². The van der Waals surface area contributed by atoms with Crippen LogP contribution >= 0.6 is 23.1 Å². The first-order valence-electron chi connectivity index (χ1n) is 7.36. The van der Waals surface area contributed by atoms with Crippen LogP contribution in [0.5, 0.6) is 0 Å². The zero-order valence-corrected chi connectivity index (χ0v) is 15.2. The Morgan fingerprint density at radius 2 is 2.17 bits per heavy atom. The molecule has 0 saturated carbocycles. The highest BCUT2D eigenvalue weighted by atomic mass is 32.2. The molecule has 2 aromatic rings. The van der Waals surface area contributed by atoms with Gasteiger partial charge in [0.25, 0.3) is 0 Å². The van der Waals surface area contributed by atoms with E-state index < -0.39 is 11.5 Å². The number of rotatable bonds is 9. The van der Waals surface area contributed by atoms with Gasteiger partial charge < -0.3 is 15.2 Å². The fraction of sp³-hybridized carbons (Fsp3) is 0.438. The summed E-state index contributed by atoms with van der Waals surface area (Å²) in [7, 11) is 1.48. The molecule has 0 spiro atoms. The number of amides is 1. The summed E-state index contributed by atoms with van der Waals surface area (Å²) in [6, 6.07) is 7.92. The normalized spacial score (nSPS) is 13.6. The van der Waals surface area contributed by atoms with Gasteiger partial charge in [-0.2, -0.15) is 0 Å².